The number of hydrogen-bond acceptors (Lipinski definition) is 5. The average molecular weight is 368 g/mol. The van der Waals surface area contributed by atoms with E-state index in [9.17, 15) is 0 Å². The van der Waals surface area contributed by atoms with Crippen molar-refractivity contribution in [3.05, 3.63) is 60.7 Å². The molecule has 3 aromatic heterocycles. The van der Waals surface area contributed by atoms with E-state index in [2.05, 4.69) is 43.2 Å². The van der Waals surface area contributed by atoms with Gasteiger partial charge in [-0.05, 0) is 17.7 Å². The van der Waals surface area contributed by atoms with E-state index in [1.54, 1.807) is 4.52 Å². The summed E-state index contributed by atoms with van der Waals surface area (Å²) in [5, 5.41) is 8.96. The summed E-state index contributed by atoms with van der Waals surface area (Å²) in [6.07, 6.45) is 7.47. The predicted molar refractivity (Wildman–Crippen MR) is 110 cm³/mol. The van der Waals surface area contributed by atoms with Crippen molar-refractivity contribution >= 4 is 16.6 Å². The van der Waals surface area contributed by atoms with Crippen molar-refractivity contribution < 1.29 is 0 Å². The van der Waals surface area contributed by atoms with Gasteiger partial charge in [0.05, 0.1) is 23.8 Å². The van der Waals surface area contributed by atoms with Gasteiger partial charge in [0.2, 0.25) is 0 Å². The molecule has 0 unspecified atom stereocenters. The lowest BCUT2D eigenvalue weighted by Gasteiger charge is -2.24. The second kappa shape index (κ2) is 7.39. The van der Waals surface area contributed by atoms with Gasteiger partial charge in [0.1, 0.15) is 0 Å². The van der Waals surface area contributed by atoms with Crippen molar-refractivity contribution in [2.24, 2.45) is 0 Å². The minimum absolute atomic E-state index is 0.785. The first-order valence-corrected chi connectivity index (χ1v) is 9.48. The monoisotopic (exact) mass is 368 g/mol. The van der Waals surface area contributed by atoms with Crippen molar-refractivity contribution in [3.8, 4) is 23.0 Å². The number of fused-ring (bicyclic) bond motifs is 2. The molecule has 28 heavy (non-hydrogen) atoms. The molecule has 1 aromatic carbocycles. The van der Waals surface area contributed by atoms with Crippen LogP contribution in [-0.2, 0) is 0 Å². The Morgan fingerprint density at radius 1 is 1.00 bits per heavy atom. The summed E-state index contributed by atoms with van der Waals surface area (Å²) in [6, 6.07) is 10.1. The summed E-state index contributed by atoms with van der Waals surface area (Å²) in [4.78, 5) is 11.4. The first kappa shape index (κ1) is 16.9. The zero-order chi connectivity index (χ0) is 18.8. The minimum Gasteiger partial charge on any atom is -0.314 e. The zero-order valence-corrected chi connectivity index (χ0v) is 15.5. The fraction of sp³-hybridized carbons (Fsp3) is 0.227. The Morgan fingerprint density at radius 2 is 1.89 bits per heavy atom. The smallest absolute Gasteiger partial charge is 0.162 e. The van der Waals surface area contributed by atoms with Crippen molar-refractivity contribution in [1.29, 1.82) is 0 Å². The van der Waals surface area contributed by atoms with E-state index in [4.69, 9.17) is 0 Å². The topological polar surface area (TPSA) is 58.4 Å². The third-order valence-corrected chi connectivity index (χ3v) is 5.04. The number of para-hydroxylation sites is 1. The fourth-order valence-corrected chi connectivity index (χ4v) is 3.58. The van der Waals surface area contributed by atoms with Crippen LogP contribution in [0.4, 0.5) is 0 Å². The molecule has 1 aliphatic rings. The number of benzene rings is 1. The molecule has 0 bridgehead atoms. The average Bonchev–Trinajstić information content (AvgIpc) is 3.17. The van der Waals surface area contributed by atoms with Crippen molar-refractivity contribution in [3.63, 3.8) is 0 Å². The van der Waals surface area contributed by atoms with Crippen LogP contribution >= 0.6 is 0 Å². The Morgan fingerprint density at radius 3 is 2.82 bits per heavy atom. The van der Waals surface area contributed by atoms with Gasteiger partial charge < -0.3 is 5.32 Å². The van der Waals surface area contributed by atoms with E-state index in [0.29, 0.717) is 0 Å². The van der Waals surface area contributed by atoms with Gasteiger partial charge in [-0.15, -0.1) is 0 Å². The summed E-state index contributed by atoms with van der Waals surface area (Å²) in [5.74, 6) is 6.47. The van der Waals surface area contributed by atoms with Crippen LogP contribution in [0.2, 0.25) is 0 Å². The van der Waals surface area contributed by atoms with Gasteiger partial charge in [-0.1, -0.05) is 30.0 Å². The van der Waals surface area contributed by atoms with Crippen LogP contribution in [0.5, 0.6) is 0 Å². The van der Waals surface area contributed by atoms with Gasteiger partial charge in [0.25, 0.3) is 0 Å². The van der Waals surface area contributed by atoms with Crippen molar-refractivity contribution in [2.75, 3.05) is 32.7 Å². The maximum absolute atomic E-state index is 4.64. The van der Waals surface area contributed by atoms with Gasteiger partial charge in [0, 0.05) is 55.7 Å². The molecule has 4 aromatic rings. The van der Waals surface area contributed by atoms with E-state index in [0.717, 1.165) is 66.0 Å². The van der Waals surface area contributed by atoms with Crippen LogP contribution in [0.1, 0.15) is 5.56 Å². The number of piperazine rings is 1. The van der Waals surface area contributed by atoms with Crippen LogP contribution in [0.3, 0.4) is 0 Å². The van der Waals surface area contributed by atoms with Gasteiger partial charge >= 0.3 is 0 Å². The van der Waals surface area contributed by atoms with E-state index in [1.807, 2.05) is 49.1 Å². The summed E-state index contributed by atoms with van der Waals surface area (Å²) in [7, 11) is 0. The summed E-state index contributed by atoms with van der Waals surface area (Å²) >= 11 is 0. The van der Waals surface area contributed by atoms with E-state index in [1.165, 1.54) is 0 Å². The maximum atomic E-state index is 4.64. The SMILES string of the molecule is C(#Cc1cnc2c(-c3ccnc4ccccc34)cnn2c1)CN1CCNCC1. The van der Waals surface area contributed by atoms with Crippen LogP contribution < -0.4 is 5.32 Å². The highest BCUT2D eigenvalue weighted by atomic mass is 15.2. The Hall–Kier alpha value is -3.27. The number of aromatic nitrogens is 4. The number of nitrogens with zero attached hydrogens (tertiary/aromatic N) is 5. The van der Waals surface area contributed by atoms with E-state index >= 15 is 0 Å². The molecular formula is C22H20N6. The van der Waals surface area contributed by atoms with Gasteiger partial charge in [0.15, 0.2) is 5.65 Å². The third kappa shape index (κ3) is 3.22. The lowest BCUT2D eigenvalue weighted by atomic mass is 10.0. The van der Waals surface area contributed by atoms with Crippen LogP contribution in [0.25, 0.3) is 27.7 Å². The molecule has 1 aliphatic heterocycles. The molecule has 0 spiro atoms. The Kier molecular flexibility index (Phi) is 4.45. The molecule has 6 nitrogen and oxygen atoms in total. The highest BCUT2D eigenvalue weighted by Crippen LogP contribution is 2.29. The number of rotatable bonds is 2. The minimum atomic E-state index is 0.785. The quantitative estimate of drug-likeness (QED) is 0.550. The molecule has 0 saturated carbocycles. The van der Waals surface area contributed by atoms with E-state index < -0.39 is 0 Å². The van der Waals surface area contributed by atoms with Crippen molar-refractivity contribution in [1.82, 2.24) is 29.8 Å². The molecule has 6 heteroatoms. The molecule has 0 atom stereocenters. The third-order valence-electron chi connectivity index (χ3n) is 5.04. The Labute approximate surface area is 163 Å². The molecule has 4 heterocycles. The highest BCUT2D eigenvalue weighted by Gasteiger charge is 2.11. The zero-order valence-electron chi connectivity index (χ0n) is 15.5. The largest absolute Gasteiger partial charge is 0.314 e. The summed E-state index contributed by atoms with van der Waals surface area (Å²) < 4.78 is 1.80. The van der Waals surface area contributed by atoms with Crippen LogP contribution in [0.15, 0.2) is 55.1 Å². The Bertz CT molecular complexity index is 1190. The number of pyridine rings is 1. The summed E-state index contributed by atoms with van der Waals surface area (Å²) in [6.45, 7) is 4.96. The fourth-order valence-electron chi connectivity index (χ4n) is 3.58. The number of hydrogen-bond donors (Lipinski definition) is 1. The van der Waals surface area contributed by atoms with Gasteiger partial charge in [-0.3, -0.25) is 9.88 Å². The normalized spacial score (nSPS) is 14.9. The molecule has 0 radical (unpaired) electrons. The van der Waals surface area contributed by atoms with Gasteiger partial charge in [-0.2, -0.15) is 5.10 Å². The predicted octanol–water partition coefficient (Wildman–Crippen LogP) is 2.20. The van der Waals surface area contributed by atoms with Gasteiger partial charge in [-0.25, -0.2) is 9.50 Å². The lowest BCUT2D eigenvalue weighted by molar-refractivity contribution is 0.268. The summed E-state index contributed by atoms with van der Waals surface area (Å²) in [5.41, 5.74) is 4.75. The second-order valence-electron chi connectivity index (χ2n) is 6.87. The maximum Gasteiger partial charge on any atom is 0.162 e. The molecule has 1 N–H and O–H groups in total. The standard InChI is InChI=1S/C22H20N6/c1-2-6-21-19(5-1)18(7-8-24-21)20-15-26-28-16-17(14-25-22(20)28)4-3-11-27-12-9-23-10-13-27/h1-2,5-8,14-16,23H,9-13H2. The molecule has 0 amide bonds. The molecule has 0 aliphatic carbocycles. The number of nitrogens with one attached hydrogen (secondary N) is 1. The molecule has 1 fully saturated rings. The molecule has 1 saturated heterocycles. The first-order chi connectivity index (χ1) is 13.9. The molecular weight excluding hydrogens is 348 g/mol. The van der Waals surface area contributed by atoms with Crippen LogP contribution in [0, 0.1) is 11.8 Å². The molecule has 5 rings (SSSR count). The molecule has 138 valence electrons. The van der Waals surface area contributed by atoms with E-state index in [-0.39, 0.29) is 0 Å². The first-order valence-electron chi connectivity index (χ1n) is 9.48. The highest BCUT2D eigenvalue weighted by molar-refractivity contribution is 5.97. The Balaban J connectivity index is 1.45. The van der Waals surface area contributed by atoms with Crippen LogP contribution in [-0.4, -0.2) is 57.2 Å². The van der Waals surface area contributed by atoms with Crippen molar-refractivity contribution in [2.45, 2.75) is 0 Å². The lowest BCUT2D eigenvalue weighted by Crippen LogP contribution is -2.43. The second-order valence-corrected chi connectivity index (χ2v) is 6.87.